The summed E-state index contributed by atoms with van der Waals surface area (Å²) < 4.78 is 23.4. The van der Waals surface area contributed by atoms with Crippen molar-refractivity contribution >= 4 is 41.9 Å². The summed E-state index contributed by atoms with van der Waals surface area (Å²) in [6, 6.07) is 7.76. The fraction of sp³-hybridized carbons (Fsp3) is 0.839. The smallest absolute Gasteiger partial charge is 0.195 e. The highest BCUT2D eigenvalue weighted by molar-refractivity contribution is 6.84. The molecule has 0 spiro atoms. The van der Waals surface area contributed by atoms with Gasteiger partial charge >= 0.3 is 0 Å². The van der Waals surface area contributed by atoms with Crippen LogP contribution in [0.4, 0.5) is 5.82 Å². The van der Waals surface area contributed by atoms with Gasteiger partial charge in [0.2, 0.25) is 0 Å². The van der Waals surface area contributed by atoms with Crippen LogP contribution in [-0.2, 0) is 13.6 Å². The summed E-state index contributed by atoms with van der Waals surface area (Å²) in [5, 5.41) is 0. The molecule has 4 fully saturated rings. The second-order valence-corrected chi connectivity index (χ2v) is 28.7. The molecule has 234 valence electrons. The second-order valence-electron chi connectivity index (χ2n) is 14.9. The van der Waals surface area contributed by atoms with Crippen LogP contribution in [0.2, 0.25) is 52.9 Å². The quantitative estimate of drug-likeness (QED) is 0.250. The third-order valence-electron chi connectivity index (χ3n) is 11.7. The zero-order chi connectivity index (χ0) is 29.5. The molecule has 0 bridgehead atoms. The molecule has 4 saturated heterocycles. The number of anilines is 1. The monoisotopic (exact) mass is 629 g/mol. The number of fused-ring (bicyclic) bond motifs is 1. The van der Waals surface area contributed by atoms with Gasteiger partial charge in [0, 0.05) is 6.42 Å². The minimum atomic E-state index is -1.81. The van der Waals surface area contributed by atoms with E-state index >= 15 is 0 Å². The molecule has 1 N–H and O–H groups in total. The van der Waals surface area contributed by atoms with Crippen molar-refractivity contribution in [2.75, 3.05) is 11.6 Å². The van der Waals surface area contributed by atoms with E-state index in [9.17, 15) is 0 Å². The third kappa shape index (κ3) is 5.71. The van der Waals surface area contributed by atoms with Gasteiger partial charge in [0.1, 0.15) is 30.0 Å². The highest BCUT2D eigenvalue weighted by atomic mass is 28.4. The van der Waals surface area contributed by atoms with Crippen LogP contribution < -0.4 is 4.98 Å². The average molecular weight is 630 g/mol. The van der Waals surface area contributed by atoms with Crippen molar-refractivity contribution in [3.05, 3.63) is 12.7 Å². The molecule has 3 atom stereocenters. The number of hydrogen-bond acceptors (Lipinski definition) is 7. The van der Waals surface area contributed by atoms with Gasteiger partial charge in [-0.05, 0) is 52.9 Å². The predicted molar refractivity (Wildman–Crippen MR) is 177 cm³/mol. The van der Waals surface area contributed by atoms with Crippen LogP contribution in [0.15, 0.2) is 12.7 Å². The topological polar surface area (TPSA) is 83.3 Å². The third-order valence-corrected chi connectivity index (χ3v) is 27.7. The molecule has 11 heteroatoms. The summed E-state index contributed by atoms with van der Waals surface area (Å²) in [5.41, 5.74) is 3.66. The lowest BCUT2D eigenvalue weighted by Crippen LogP contribution is -2.47. The lowest BCUT2D eigenvalue weighted by molar-refractivity contribution is -0.0380. The van der Waals surface area contributed by atoms with Crippen molar-refractivity contribution in [3.8, 4) is 0 Å². The second kappa shape index (κ2) is 12.3. The number of rotatable bonds is 11. The largest absolute Gasteiger partial charge is 0.414 e. The Bertz CT molecular complexity index is 1210. The Balaban J connectivity index is 1.26. The van der Waals surface area contributed by atoms with Crippen molar-refractivity contribution in [1.82, 2.24) is 19.5 Å². The Morgan fingerprint density at radius 1 is 0.833 bits per heavy atom. The fourth-order valence-electron chi connectivity index (χ4n) is 8.60. The molecule has 0 amide bonds. The first-order valence-electron chi connectivity index (χ1n) is 17.1. The number of nitrogens with one attached hydrogen (secondary N) is 1. The van der Waals surface area contributed by atoms with Crippen LogP contribution in [0.25, 0.3) is 11.2 Å². The average Bonchev–Trinajstić information content (AvgIpc) is 3.79. The van der Waals surface area contributed by atoms with Gasteiger partial charge in [-0.2, -0.15) is 0 Å². The first-order chi connectivity index (χ1) is 20.2. The normalized spacial score (nSPS) is 28.6. The number of nitrogens with zero attached hydrogens (tertiary/aromatic N) is 4. The number of aromatic nitrogens is 4. The van der Waals surface area contributed by atoms with Crippen LogP contribution in [0.1, 0.15) is 92.7 Å². The minimum Gasteiger partial charge on any atom is -0.414 e. The number of hydrogen-bond donors (Lipinski definition) is 1. The molecule has 6 heterocycles. The van der Waals surface area contributed by atoms with E-state index < -0.39 is 24.9 Å². The van der Waals surface area contributed by atoms with E-state index in [1.807, 2.05) is 6.33 Å². The van der Waals surface area contributed by atoms with Crippen molar-refractivity contribution < 1.29 is 13.6 Å². The van der Waals surface area contributed by atoms with Crippen molar-refractivity contribution in [1.29, 1.82) is 0 Å². The summed E-state index contributed by atoms with van der Waals surface area (Å²) in [6.07, 6.45) is 12.2. The standard InChI is InChI=1S/C31H55N5O3Si3/c1-23(2)40(13-7-8-14-40)35-30-29-31(33-21-32-30)36(22-34-29)28-19-26(39-42(25(5)6)17-11-12-18-42)27(38-28)20-37-41(24(3)4)15-9-10-16-41/h21-28H,7-20H2,1-6H3,(H,32,33,35)/t26-,27+,28?/m1/s1. The zero-order valence-corrected chi connectivity index (χ0v) is 30.0. The van der Waals surface area contributed by atoms with E-state index in [0.717, 1.165) is 23.4 Å². The molecule has 42 heavy (non-hydrogen) atoms. The molecule has 4 aliphatic rings. The van der Waals surface area contributed by atoms with Gasteiger partial charge in [-0.3, -0.25) is 4.57 Å². The summed E-state index contributed by atoms with van der Waals surface area (Å²) >= 11 is 0. The molecule has 0 aliphatic carbocycles. The first-order valence-corrected chi connectivity index (χ1v) is 24.4. The van der Waals surface area contributed by atoms with Crippen LogP contribution in [-0.4, -0.2) is 63.2 Å². The van der Waals surface area contributed by atoms with E-state index in [1.54, 1.807) is 6.33 Å². The van der Waals surface area contributed by atoms with Gasteiger partial charge in [-0.25, -0.2) is 15.0 Å². The van der Waals surface area contributed by atoms with Crippen molar-refractivity contribution in [3.63, 3.8) is 0 Å². The minimum absolute atomic E-state index is 0.0468. The molecule has 0 saturated carbocycles. The maximum Gasteiger partial charge on any atom is 0.195 e. The van der Waals surface area contributed by atoms with Crippen LogP contribution in [0.3, 0.4) is 0 Å². The lowest BCUT2D eigenvalue weighted by Gasteiger charge is -2.37. The van der Waals surface area contributed by atoms with Gasteiger partial charge < -0.3 is 18.6 Å². The molecular weight excluding hydrogens is 575 g/mol. The highest BCUT2D eigenvalue weighted by Gasteiger charge is 2.49. The molecule has 2 aromatic rings. The van der Waals surface area contributed by atoms with E-state index in [0.29, 0.717) is 23.2 Å². The Morgan fingerprint density at radius 3 is 2.07 bits per heavy atom. The molecule has 0 radical (unpaired) electrons. The first kappa shape index (κ1) is 30.9. The molecule has 6 rings (SSSR count). The van der Waals surface area contributed by atoms with Crippen molar-refractivity contribution in [2.45, 2.75) is 158 Å². The Hall–Kier alpha value is -1.12. The van der Waals surface area contributed by atoms with E-state index in [4.69, 9.17) is 28.5 Å². The van der Waals surface area contributed by atoms with E-state index in [2.05, 4.69) is 51.1 Å². The van der Waals surface area contributed by atoms with Crippen molar-refractivity contribution in [2.24, 2.45) is 0 Å². The van der Waals surface area contributed by atoms with E-state index in [1.165, 1.54) is 74.8 Å². The van der Waals surface area contributed by atoms with Gasteiger partial charge in [-0.1, -0.05) is 80.1 Å². The SMILES string of the molecule is CC(C)[Si]1(Nc2ncnc3c2ncn3C2C[C@@H](O[Si]3(C(C)C)CCCC3)[C@H](CO[Si]3(C(C)C)CCCC3)O2)CCCC1. The van der Waals surface area contributed by atoms with Gasteiger partial charge in [0.15, 0.2) is 30.5 Å². The number of imidazole rings is 1. The molecule has 0 aromatic carbocycles. The zero-order valence-electron chi connectivity index (χ0n) is 27.0. The molecule has 2 aromatic heterocycles. The van der Waals surface area contributed by atoms with Gasteiger partial charge in [0.25, 0.3) is 0 Å². The highest BCUT2D eigenvalue weighted by Crippen LogP contribution is 2.46. The fourth-order valence-corrected chi connectivity index (χ4v) is 21.6. The van der Waals surface area contributed by atoms with E-state index in [-0.39, 0.29) is 18.4 Å². The Labute approximate surface area is 256 Å². The van der Waals surface area contributed by atoms with Crippen LogP contribution >= 0.6 is 0 Å². The van der Waals surface area contributed by atoms with Gasteiger partial charge in [0.05, 0.1) is 19.0 Å². The summed E-state index contributed by atoms with van der Waals surface area (Å²) in [7, 11) is -5.19. The Morgan fingerprint density at radius 2 is 1.45 bits per heavy atom. The molecule has 1 unspecified atom stereocenters. The predicted octanol–water partition coefficient (Wildman–Crippen LogP) is 8.38. The summed E-state index contributed by atoms with van der Waals surface area (Å²) in [4.78, 5) is 18.4. The lowest BCUT2D eigenvalue weighted by atomic mass is 10.2. The Kier molecular flexibility index (Phi) is 9.08. The molecule has 8 nitrogen and oxygen atoms in total. The molecule has 4 aliphatic heterocycles. The summed E-state index contributed by atoms with van der Waals surface area (Å²) in [6.45, 7) is 15.0. The van der Waals surface area contributed by atoms with Crippen LogP contribution in [0.5, 0.6) is 0 Å². The maximum atomic E-state index is 7.31. The maximum absolute atomic E-state index is 7.31. The van der Waals surface area contributed by atoms with Crippen LogP contribution in [0, 0.1) is 0 Å². The van der Waals surface area contributed by atoms with Gasteiger partial charge in [-0.15, -0.1) is 0 Å². The molecular formula is C31H55N5O3Si3. The summed E-state index contributed by atoms with van der Waals surface area (Å²) in [5.74, 6) is 0.912. The number of ether oxygens (including phenoxy) is 1.